The van der Waals surface area contributed by atoms with Crippen LogP contribution in [0.25, 0.3) is 0 Å². The molecule has 1 N–H and O–H groups in total. The summed E-state index contributed by atoms with van der Waals surface area (Å²) in [6.07, 6.45) is 2.12. The molecule has 0 aliphatic heterocycles. The second-order valence-electron chi connectivity index (χ2n) is 5.22. The number of carbonyl (C=O) groups is 1. The number of esters is 1. The molecule has 92 valence electrons. The Hall–Kier alpha value is -0.830. The van der Waals surface area contributed by atoms with E-state index in [1.54, 1.807) is 0 Å². The van der Waals surface area contributed by atoms with Gasteiger partial charge in [0, 0.05) is 6.92 Å². The number of allylic oxidation sites excluding steroid dienone is 1. The molecule has 3 heteroatoms. The first-order chi connectivity index (χ1) is 7.35. The molecule has 1 aliphatic rings. The normalized spacial score (nSPS) is 28.9. The molecule has 0 aromatic rings. The molecule has 1 rings (SSSR count). The molecule has 0 bridgehead atoms. The zero-order valence-electron chi connectivity index (χ0n) is 10.5. The van der Waals surface area contributed by atoms with Crippen molar-refractivity contribution in [3.05, 3.63) is 12.2 Å². The number of hydrogen-bond donors (Lipinski definition) is 1. The van der Waals surface area contributed by atoms with Crippen molar-refractivity contribution < 1.29 is 14.6 Å². The van der Waals surface area contributed by atoms with E-state index in [0.717, 1.165) is 19.3 Å². The molecule has 0 unspecified atom stereocenters. The topological polar surface area (TPSA) is 46.5 Å². The van der Waals surface area contributed by atoms with Crippen molar-refractivity contribution >= 4 is 5.97 Å². The van der Waals surface area contributed by atoms with Crippen molar-refractivity contribution in [2.24, 2.45) is 11.3 Å². The third-order valence-corrected chi connectivity index (χ3v) is 3.70. The highest BCUT2D eigenvalue weighted by Gasteiger charge is 2.40. The Labute approximate surface area is 97.5 Å². The van der Waals surface area contributed by atoms with E-state index in [1.165, 1.54) is 12.5 Å². The Kier molecular flexibility index (Phi) is 4.14. The number of hydrogen-bond acceptors (Lipinski definition) is 3. The van der Waals surface area contributed by atoms with E-state index in [0.29, 0.717) is 6.61 Å². The van der Waals surface area contributed by atoms with Gasteiger partial charge in [-0.3, -0.25) is 4.79 Å². The highest BCUT2D eigenvalue weighted by molar-refractivity contribution is 5.65. The fraction of sp³-hybridized carbons (Fsp3) is 0.769. The lowest BCUT2D eigenvalue weighted by Crippen LogP contribution is -2.41. The van der Waals surface area contributed by atoms with Crippen LogP contribution in [0.3, 0.4) is 0 Å². The molecule has 0 aromatic carbocycles. The lowest BCUT2D eigenvalue weighted by atomic mass is 9.64. The monoisotopic (exact) mass is 226 g/mol. The van der Waals surface area contributed by atoms with Gasteiger partial charge in [0.25, 0.3) is 0 Å². The predicted molar refractivity (Wildman–Crippen MR) is 62.9 cm³/mol. The van der Waals surface area contributed by atoms with E-state index in [1.807, 2.05) is 0 Å². The molecular formula is C13H22O3. The van der Waals surface area contributed by atoms with E-state index in [2.05, 4.69) is 20.4 Å². The quantitative estimate of drug-likeness (QED) is 0.593. The Morgan fingerprint density at radius 3 is 2.81 bits per heavy atom. The van der Waals surface area contributed by atoms with Crippen LogP contribution in [0.15, 0.2) is 12.2 Å². The molecule has 0 radical (unpaired) electrons. The van der Waals surface area contributed by atoms with E-state index in [4.69, 9.17) is 4.74 Å². The first-order valence-corrected chi connectivity index (χ1v) is 5.84. The van der Waals surface area contributed by atoms with Gasteiger partial charge in [-0.1, -0.05) is 26.0 Å². The summed E-state index contributed by atoms with van der Waals surface area (Å²) in [7, 11) is 0. The molecule has 1 aliphatic carbocycles. The van der Waals surface area contributed by atoms with Crippen LogP contribution in [0.2, 0.25) is 0 Å². The average Bonchev–Trinajstić information content (AvgIpc) is 2.17. The minimum atomic E-state index is -0.291. The van der Waals surface area contributed by atoms with Gasteiger partial charge < -0.3 is 9.84 Å². The number of carbonyl (C=O) groups excluding carboxylic acids is 1. The fourth-order valence-electron chi connectivity index (χ4n) is 2.52. The fourth-order valence-corrected chi connectivity index (χ4v) is 2.52. The lowest BCUT2D eigenvalue weighted by Gasteiger charge is -2.44. The van der Waals surface area contributed by atoms with Gasteiger partial charge in [-0.05, 0) is 30.6 Å². The molecule has 0 heterocycles. The number of rotatable bonds is 3. The molecule has 1 fully saturated rings. The van der Waals surface area contributed by atoms with Gasteiger partial charge in [-0.15, -0.1) is 0 Å². The Balaban J connectivity index is 2.59. The van der Waals surface area contributed by atoms with E-state index >= 15 is 0 Å². The second-order valence-corrected chi connectivity index (χ2v) is 5.22. The standard InChI is InChI=1S/C13H22O3/c1-9-5-6-12(15)13(3,4)11(9)7-8-16-10(2)14/h11-12,15H,1,5-8H2,2-4H3/t11-,12+/m1/s1. The van der Waals surface area contributed by atoms with Crippen LogP contribution < -0.4 is 0 Å². The first kappa shape index (κ1) is 13.2. The van der Waals surface area contributed by atoms with Gasteiger partial charge >= 0.3 is 5.97 Å². The Morgan fingerprint density at radius 1 is 1.62 bits per heavy atom. The van der Waals surface area contributed by atoms with Crippen LogP contribution in [0.5, 0.6) is 0 Å². The van der Waals surface area contributed by atoms with E-state index in [-0.39, 0.29) is 23.4 Å². The molecular weight excluding hydrogens is 204 g/mol. The largest absolute Gasteiger partial charge is 0.466 e. The summed E-state index contributed by atoms with van der Waals surface area (Å²) in [6, 6.07) is 0. The van der Waals surface area contributed by atoms with Crippen LogP contribution >= 0.6 is 0 Å². The summed E-state index contributed by atoms with van der Waals surface area (Å²) in [5, 5.41) is 9.98. The van der Waals surface area contributed by atoms with Crippen molar-refractivity contribution in [3.63, 3.8) is 0 Å². The highest BCUT2D eigenvalue weighted by Crippen LogP contribution is 2.44. The lowest BCUT2D eigenvalue weighted by molar-refractivity contribution is -0.141. The van der Waals surface area contributed by atoms with Gasteiger partial charge in [0.1, 0.15) is 0 Å². The maximum atomic E-state index is 10.7. The SMILES string of the molecule is C=C1CC[C@H](O)C(C)(C)[C@@H]1CCOC(C)=O. The van der Waals surface area contributed by atoms with Crippen molar-refractivity contribution in [2.45, 2.75) is 46.1 Å². The summed E-state index contributed by atoms with van der Waals surface area (Å²) in [4.78, 5) is 10.7. The van der Waals surface area contributed by atoms with Gasteiger partial charge in [-0.25, -0.2) is 0 Å². The highest BCUT2D eigenvalue weighted by atomic mass is 16.5. The van der Waals surface area contributed by atoms with Crippen LogP contribution in [0, 0.1) is 11.3 Å². The summed E-state index contributed by atoms with van der Waals surface area (Å²) in [6.45, 7) is 10.0. The average molecular weight is 226 g/mol. The number of aliphatic hydroxyl groups is 1. The third-order valence-electron chi connectivity index (χ3n) is 3.70. The van der Waals surface area contributed by atoms with Crippen molar-refractivity contribution in [3.8, 4) is 0 Å². The first-order valence-electron chi connectivity index (χ1n) is 5.84. The minimum Gasteiger partial charge on any atom is -0.466 e. The summed E-state index contributed by atoms with van der Waals surface area (Å²) in [5.41, 5.74) is 0.998. The van der Waals surface area contributed by atoms with Crippen LogP contribution in [-0.2, 0) is 9.53 Å². The molecule has 16 heavy (non-hydrogen) atoms. The zero-order chi connectivity index (χ0) is 12.3. The Bertz CT molecular complexity index is 281. The zero-order valence-corrected chi connectivity index (χ0v) is 10.5. The smallest absolute Gasteiger partial charge is 0.302 e. The minimum absolute atomic E-state index is 0.171. The van der Waals surface area contributed by atoms with Gasteiger partial charge in [-0.2, -0.15) is 0 Å². The molecule has 0 amide bonds. The van der Waals surface area contributed by atoms with Gasteiger partial charge in [0.05, 0.1) is 12.7 Å². The Morgan fingerprint density at radius 2 is 2.25 bits per heavy atom. The maximum absolute atomic E-state index is 10.7. The van der Waals surface area contributed by atoms with E-state index < -0.39 is 0 Å². The summed E-state index contributed by atoms with van der Waals surface area (Å²) >= 11 is 0. The van der Waals surface area contributed by atoms with Crippen LogP contribution in [0.4, 0.5) is 0 Å². The molecule has 3 nitrogen and oxygen atoms in total. The molecule has 0 aromatic heterocycles. The van der Waals surface area contributed by atoms with Crippen molar-refractivity contribution in [2.75, 3.05) is 6.61 Å². The van der Waals surface area contributed by atoms with Gasteiger partial charge in [0.15, 0.2) is 0 Å². The van der Waals surface area contributed by atoms with E-state index in [9.17, 15) is 9.90 Å². The number of ether oxygens (including phenoxy) is 1. The van der Waals surface area contributed by atoms with Crippen molar-refractivity contribution in [1.29, 1.82) is 0 Å². The van der Waals surface area contributed by atoms with Crippen molar-refractivity contribution in [1.82, 2.24) is 0 Å². The number of aliphatic hydroxyl groups excluding tert-OH is 1. The predicted octanol–water partition coefficient (Wildman–Crippen LogP) is 2.29. The third kappa shape index (κ3) is 2.85. The maximum Gasteiger partial charge on any atom is 0.302 e. The van der Waals surface area contributed by atoms with Crippen LogP contribution in [0.1, 0.15) is 40.0 Å². The molecule has 2 atom stereocenters. The second kappa shape index (κ2) is 5.00. The van der Waals surface area contributed by atoms with Gasteiger partial charge in [0.2, 0.25) is 0 Å². The summed E-state index contributed by atoms with van der Waals surface area (Å²) in [5.74, 6) is -0.0182. The molecule has 0 saturated heterocycles. The summed E-state index contributed by atoms with van der Waals surface area (Å²) < 4.78 is 4.96. The molecule has 1 saturated carbocycles. The van der Waals surface area contributed by atoms with Crippen LogP contribution in [-0.4, -0.2) is 23.8 Å². The molecule has 0 spiro atoms.